The van der Waals surface area contributed by atoms with Crippen molar-refractivity contribution >= 4 is 11.6 Å². The highest BCUT2D eigenvalue weighted by Gasteiger charge is 2.22. The molecule has 2 aromatic heterocycles. The van der Waals surface area contributed by atoms with E-state index in [2.05, 4.69) is 10.4 Å². The summed E-state index contributed by atoms with van der Waals surface area (Å²) in [7, 11) is 0. The van der Waals surface area contributed by atoms with Crippen molar-refractivity contribution < 1.29 is 23.0 Å². The summed E-state index contributed by atoms with van der Waals surface area (Å²) in [5.74, 6) is -1.31. The van der Waals surface area contributed by atoms with Crippen LogP contribution in [0.5, 0.6) is 5.75 Å². The minimum atomic E-state index is -0.677. The average Bonchev–Trinajstić information content (AvgIpc) is 3.04. The van der Waals surface area contributed by atoms with Crippen LogP contribution in [-0.2, 0) is 11.3 Å². The molecule has 1 N–H and O–H groups in total. The molecule has 1 aliphatic rings. The summed E-state index contributed by atoms with van der Waals surface area (Å²) in [5.41, 5.74) is 4.83. The highest BCUT2D eigenvalue weighted by molar-refractivity contribution is 5.94. The van der Waals surface area contributed by atoms with Gasteiger partial charge in [-0.15, -0.1) is 0 Å². The first-order valence-corrected chi connectivity index (χ1v) is 9.62. The van der Waals surface area contributed by atoms with Gasteiger partial charge in [0, 0.05) is 19.3 Å². The number of morpholine rings is 1. The molecule has 3 heterocycles. The van der Waals surface area contributed by atoms with Crippen LogP contribution in [-0.4, -0.2) is 46.6 Å². The normalized spacial score (nSPS) is 14.8. The molecule has 1 saturated heterocycles. The summed E-state index contributed by atoms with van der Waals surface area (Å²) in [6.07, 6.45) is 1.78. The van der Waals surface area contributed by atoms with Gasteiger partial charge in [0.15, 0.2) is 11.4 Å². The van der Waals surface area contributed by atoms with Crippen molar-refractivity contribution in [2.45, 2.75) is 20.5 Å². The number of nitrogens with zero attached hydrogens (tertiary/aromatic N) is 3. The number of aromatic nitrogens is 2. The zero-order chi connectivity index (χ0) is 21.3. The van der Waals surface area contributed by atoms with E-state index in [0.717, 1.165) is 5.56 Å². The Morgan fingerprint density at radius 3 is 2.63 bits per heavy atom. The number of nitrogens with one attached hydrogen (secondary N) is 1. The third kappa shape index (κ3) is 3.99. The molecule has 1 fully saturated rings. The van der Waals surface area contributed by atoms with Crippen molar-refractivity contribution in [3.63, 3.8) is 0 Å². The number of benzene rings is 1. The minimum Gasteiger partial charge on any atom is -0.485 e. The molecule has 1 aromatic carbocycles. The topological polar surface area (TPSA) is 68.1 Å². The number of carbonyl (C=O) groups excluding carboxylic acids is 1. The second kappa shape index (κ2) is 8.37. The number of carbonyl (C=O) groups is 1. The minimum absolute atomic E-state index is 0.161. The fourth-order valence-corrected chi connectivity index (χ4v) is 3.43. The standard InChI is InChI=1S/C21H22F2N4O3/c1-13-10-18(30-12-15-16(22)4-3-5-17(15)23)20-24-14(2)19(27(20)11-13)21(28)25-26-6-8-29-9-7-26/h3-5,10-11H,6-9,12H2,1-2H3,(H,25,28). The highest BCUT2D eigenvalue weighted by atomic mass is 19.1. The van der Waals surface area contributed by atoms with Crippen LogP contribution >= 0.6 is 0 Å². The van der Waals surface area contributed by atoms with Crippen molar-refractivity contribution in [1.29, 1.82) is 0 Å². The molecular weight excluding hydrogens is 394 g/mol. The smallest absolute Gasteiger partial charge is 0.284 e. The van der Waals surface area contributed by atoms with E-state index in [1.54, 1.807) is 28.6 Å². The third-order valence-electron chi connectivity index (χ3n) is 4.92. The van der Waals surface area contributed by atoms with Crippen molar-refractivity contribution in [2.75, 3.05) is 26.3 Å². The van der Waals surface area contributed by atoms with Gasteiger partial charge in [-0.3, -0.25) is 14.6 Å². The Morgan fingerprint density at radius 1 is 1.23 bits per heavy atom. The molecule has 0 saturated carbocycles. The molecule has 1 amide bonds. The molecule has 0 atom stereocenters. The van der Waals surface area contributed by atoms with Crippen molar-refractivity contribution in [3.8, 4) is 5.75 Å². The molecule has 3 aromatic rings. The van der Waals surface area contributed by atoms with Gasteiger partial charge in [0.05, 0.1) is 24.5 Å². The van der Waals surface area contributed by atoms with E-state index in [0.29, 0.717) is 49.1 Å². The summed E-state index contributed by atoms with van der Waals surface area (Å²) in [5, 5.41) is 1.80. The van der Waals surface area contributed by atoms with Gasteiger partial charge in [-0.1, -0.05) is 6.07 Å². The molecule has 30 heavy (non-hydrogen) atoms. The van der Waals surface area contributed by atoms with E-state index in [4.69, 9.17) is 9.47 Å². The molecule has 4 rings (SSSR count). The summed E-state index contributed by atoms with van der Waals surface area (Å²) < 4.78 is 40.5. The highest BCUT2D eigenvalue weighted by Crippen LogP contribution is 2.26. The van der Waals surface area contributed by atoms with Crippen LogP contribution in [0.15, 0.2) is 30.5 Å². The zero-order valence-electron chi connectivity index (χ0n) is 16.7. The second-order valence-corrected chi connectivity index (χ2v) is 7.15. The average molecular weight is 416 g/mol. The maximum Gasteiger partial charge on any atom is 0.284 e. The lowest BCUT2D eigenvalue weighted by molar-refractivity contribution is 0.0124. The number of pyridine rings is 1. The zero-order valence-corrected chi connectivity index (χ0v) is 16.7. The van der Waals surface area contributed by atoms with Gasteiger partial charge in [0.1, 0.15) is 23.9 Å². The van der Waals surface area contributed by atoms with E-state index < -0.39 is 11.6 Å². The SMILES string of the molecule is Cc1cc(OCc2c(F)cccc2F)c2nc(C)c(C(=O)NN3CCOCC3)n2c1. The second-order valence-electron chi connectivity index (χ2n) is 7.15. The third-order valence-corrected chi connectivity index (χ3v) is 4.92. The number of fused-ring (bicyclic) bond motifs is 1. The first kappa shape index (κ1) is 20.2. The Hall–Kier alpha value is -3.04. The number of hydrazine groups is 1. The molecule has 0 unspecified atom stereocenters. The van der Waals surface area contributed by atoms with E-state index in [9.17, 15) is 13.6 Å². The molecule has 0 bridgehead atoms. The lowest BCUT2D eigenvalue weighted by Crippen LogP contribution is -2.48. The fraction of sp³-hybridized carbons (Fsp3) is 0.333. The van der Waals surface area contributed by atoms with Gasteiger partial charge in [0.2, 0.25) is 0 Å². The Balaban J connectivity index is 1.64. The Kier molecular flexibility index (Phi) is 5.65. The maximum atomic E-state index is 13.9. The van der Waals surface area contributed by atoms with Crippen LogP contribution in [0, 0.1) is 25.5 Å². The number of hydrogen-bond acceptors (Lipinski definition) is 5. The predicted molar refractivity (Wildman–Crippen MR) is 105 cm³/mol. The summed E-state index contributed by atoms with van der Waals surface area (Å²) >= 11 is 0. The molecule has 0 spiro atoms. The van der Waals surface area contributed by atoms with Crippen molar-refractivity contribution in [3.05, 3.63) is 64.6 Å². The predicted octanol–water partition coefficient (Wildman–Crippen LogP) is 2.79. The number of ether oxygens (including phenoxy) is 2. The number of imidazole rings is 1. The van der Waals surface area contributed by atoms with Crippen LogP contribution in [0.3, 0.4) is 0 Å². The molecular formula is C21H22F2N4O3. The van der Waals surface area contributed by atoms with Crippen LogP contribution in [0.25, 0.3) is 5.65 Å². The molecule has 0 radical (unpaired) electrons. The number of amides is 1. The van der Waals surface area contributed by atoms with Crippen LogP contribution in [0.2, 0.25) is 0 Å². The number of hydrogen-bond donors (Lipinski definition) is 1. The van der Waals surface area contributed by atoms with Gasteiger partial charge < -0.3 is 9.47 Å². The maximum absolute atomic E-state index is 13.9. The quantitative estimate of drug-likeness (QED) is 0.693. The van der Waals surface area contributed by atoms with Gasteiger partial charge in [0.25, 0.3) is 5.91 Å². The van der Waals surface area contributed by atoms with Gasteiger partial charge >= 0.3 is 0 Å². The van der Waals surface area contributed by atoms with Crippen LogP contribution in [0.1, 0.15) is 27.3 Å². The molecule has 1 aliphatic heterocycles. The van der Waals surface area contributed by atoms with Crippen LogP contribution in [0.4, 0.5) is 8.78 Å². The fourth-order valence-electron chi connectivity index (χ4n) is 3.43. The lowest BCUT2D eigenvalue weighted by Gasteiger charge is -2.26. The van der Waals surface area contributed by atoms with Gasteiger partial charge in [-0.25, -0.2) is 18.8 Å². The lowest BCUT2D eigenvalue weighted by atomic mass is 10.2. The molecule has 7 nitrogen and oxygen atoms in total. The summed E-state index contributed by atoms with van der Waals surface area (Å²) in [6.45, 7) is 5.59. The van der Waals surface area contributed by atoms with E-state index in [1.165, 1.54) is 18.2 Å². The van der Waals surface area contributed by atoms with Gasteiger partial charge in [-0.2, -0.15) is 0 Å². The van der Waals surface area contributed by atoms with E-state index in [-0.39, 0.29) is 18.1 Å². The number of rotatable bonds is 5. The Morgan fingerprint density at radius 2 is 1.93 bits per heavy atom. The van der Waals surface area contributed by atoms with E-state index in [1.807, 2.05) is 6.92 Å². The monoisotopic (exact) mass is 416 g/mol. The molecule has 9 heteroatoms. The Bertz CT molecular complexity index is 1070. The van der Waals surface area contributed by atoms with Crippen molar-refractivity contribution in [2.24, 2.45) is 0 Å². The van der Waals surface area contributed by atoms with Crippen molar-refractivity contribution in [1.82, 2.24) is 19.8 Å². The van der Waals surface area contributed by atoms with Gasteiger partial charge in [-0.05, 0) is 37.6 Å². The molecule has 0 aliphatic carbocycles. The number of aryl methyl sites for hydroxylation is 2. The summed E-state index contributed by atoms with van der Waals surface area (Å²) in [6, 6.07) is 5.39. The summed E-state index contributed by atoms with van der Waals surface area (Å²) in [4.78, 5) is 17.4. The largest absolute Gasteiger partial charge is 0.485 e. The molecule has 158 valence electrons. The van der Waals surface area contributed by atoms with E-state index >= 15 is 0 Å². The first-order valence-electron chi connectivity index (χ1n) is 9.62. The first-order chi connectivity index (χ1) is 14.4. The van der Waals surface area contributed by atoms with Crippen LogP contribution < -0.4 is 10.2 Å². The Labute approximate surface area is 172 Å². The number of halogens is 2.